The quantitative estimate of drug-likeness (QED) is 0.214. The molecule has 4 heterocycles. The van der Waals surface area contributed by atoms with Crippen LogP contribution in [0.15, 0.2) is 152 Å². The Labute approximate surface area is 253 Å². The van der Waals surface area contributed by atoms with Crippen LogP contribution in [0.25, 0.3) is 77.9 Å². The van der Waals surface area contributed by atoms with Gasteiger partial charge in [-0.05, 0) is 64.7 Å². The summed E-state index contributed by atoms with van der Waals surface area (Å²) in [4.78, 5) is 15.5. The van der Waals surface area contributed by atoms with Crippen molar-refractivity contribution in [2.45, 2.75) is 0 Å². The summed E-state index contributed by atoms with van der Waals surface area (Å²) < 4.78 is 4.40. The first kappa shape index (κ1) is 24.5. The van der Waals surface area contributed by atoms with Crippen LogP contribution in [-0.2, 0) is 0 Å². The van der Waals surface area contributed by atoms with Gasteiger partial charge >= 0.3 is 0 Å². The number of nitrogens with zero attached hydrogens (tertiary/aromatic N) is 5. The van der Waals surface area contributed by atoms with E-state index in [0.29, 0.717) is 0 Å². The first-order valence-corrected chi connectivity index (χ1v) is 14.7. The average molecular weight is 564 g/mol. The summed E-state index contributed by atoms with van der Waals surface area (Å²) in [6.07, 6.45) is 1.83. The Balaban J connectivity index is 1.29. The summed E-state index contributed by atoms with van der Waals surface area (Å²) >= 11 is 0. The van der Waals surface area contributed by atoms with E-state index in [-0.39, 0.29) is 0 Å². The average Bonchev–Trinajstić information content (AvgIpc) is 3.60. The molecule has 0 radical (unpaired) electrons. The normalized spacial score (nSPS) is 11.6. The fourth-order valence-corrected chi connectivity index (χ4v) is 6.32. The van der Waals surface area contributed by atoms with Crippen LogP contribution < -0.4 is 0 Å². The van der Waals surface area contributed by atoms with Gasteiger partial charge in [0.25, 0.3) is 0 Å². The summed E-state index contributed by atoms with van der Waals surface area (Å²) in [5.41, 5.74) is 12.9. The van der Waals surface area contributed by atoms with Crippen molar-refractivity contribution in [3.05, 3.63) is 152 Å². The minimum Gasteiger partial charge on any atom is -0.292 e. The van der Waals surface area contributed by atoms with E-state index in [4.69, 9.17) is 15.0 Å². The fraction of sp³-hybridized carbons (Fsp3) is 0. The van der Waals surface area contributed by atoms with E-state index in [2.05, 4.69) is 137 Å². The van der Waals surface area contributed by atoms with Crippen molar-refractivity contribution in [2.75, 3.05) is 0 Å². The zero-order valence-electron chi connectivity index (χ0n) is 23.7. The summed E-state index contributed by atoms with van der Waals surface area (Å²) in [6, 6.07) is 50.7. The predicted molar refractivity (Wildman–Crippen MR) is 179 cm³/mol. The van der Waals surface area contributed by atoms with E-state index >= 15 is 0 Å². The number of benzene rings is 5. The van der Waals surface area contributed by atoms with Gasteiger partial charge in [-0.1, -0.05) is 103 Å². The Morgan fingerprint density at radius 3 is 1.50 bits per heavy atom. The Bertz CT molecular complexity index is 2280. The molecule has 0 unspecified atom stereocenters. The van der Waals surface area contributed by atoms with Crippen LogP contribution in [-0.4, -0.2) is 24.1 Å². The molecule has 5 nitrogen and oxygen atoms in total. The van der Waals surface area contributed by atoms with Gasteiger partial charge in [0.05, 0.1) is 11.0 Å². The first-order chi connectivity index (χ1) is 21.8. The van der Waals surface area contributed by atoms with Gasteiger partial charge in [-0.25, -0.2) is 9.97 Å². The van der Waals surface area contributed by atoms with Crippen molar-refractivity contribution >= 4 is 44.3 Å². The number of rotatable bonds is 4. The maximum absolute atomic E-state index is 5.39. The molecule has 0 spiro atoms. The van der Waals surface area contributed by atoms with Gasteiger partial charge in [0.2, 0.25) is 0 Å². The molecule has 0 aliphatic carbocycles. The first-order valence-electron chi connectivity index (χ1n) is 14.7. The monoisotopic (exact) mass is 563 g/mol. The summed E-state index contributed by atoms with van der Waals surface area (Å²) in [6.45, 7) is 0. The number of fused-ring (bicyclic) bond motifs is 6. The third-order valence-corrected chi connectivity index (χ3v) is 8.40. The maximum Gasteiger partial charge on any atom is 0.168 e. The maximum atomic E-state index is 5.39. The molecule has 9 aromatic rings. The lowest BCUT2D eigenvalue weighted by atomic mass is 10.1. The molecule has 44 heavy (non-hydrogen) atoms. The Morgan fingerprint density at radius 2 is 0.864 bits per heavy atom. The third kappa shape index (κ3) is 3.76. The third-order valence-electron chi connectivity index (χ3n) is 8.40. The Morgan fingerprint density at radius 1 is 0.364 bits per heavy atom. The highest BCUT2D eigenvalue weighted by Gasteiger charge is 2.21. The minimum absolute atomic E-state index is 0.781. The van der Waals surface area contributed by atoms with E-state index in [0.717, 1.165) is 55.6 Å². The standard InChI is InChI=1S/C39H25N5/c1-3-10-26(11-4-1)28-17-21-30(22-18-28)43-33-15-8-7-14-32(33)35-38(43)42-39-37(41-35)36-34(16-9-25-40-36)44(39)31-23-19-29(20-24-31)27-12-5-2-6-13-27/h1-25H. The largest absolute Gasteiger partial charge is 0.292 e. The van der Waals surface area contributed by atoms with Crippen molar-refractivity contribution in [3.8, 4) is 33.6 Å². The van der Waals surface area contributed by atoms with E-state index in [1.165, 1.54) is 22.3 Å². The van der Waals surface area contributed by atoms with Gasteiger partial charge < -0.3 is 0 Å². The zero-order valence-corrected chi connectivity index (χ0v) is 23.7. The molecule has 0 saturated carbocycles. The van der Waals surface area contributed by atoms with Gasteiger partial charge in [-0.2, -0.15) is 0 Å². The Hall–Kier alpha value is -6.07. The van der Waals surface area contributed by atoms with Crippen LogP contribution in [0.3, 0.4) is 0 Å². The smallest absolute Gasteiger partial charge is 0.168 e. The van der Waals surface area contributed by atoms with Gasteiger partial charge in [-0.15, -0.1) is 0 Å². The summed E-state index contributed by atoms with van der Waals surface area (Å²) in [5, 5.41) is 1.06. The van der Waals surface area contributed by atoms with Crippen molar-refractivity contribution in [2.24, 2.45) is 0 Å². The molecule has 9 rings (SSSR count). The lowest BCUT2D eigenvalue weighted by Crippen LogP contribution is -1.99. The molecule has 0 fully saturated rings. The van der Waals surface area contributed by atoms with Gasteiger partial charge in [0.1, 0.15) is 16.6 Å². The molecule has 0 N–H and O–H groups in total. The van der Waals surface area contributed by atoms with Crippen molar-refractivity contribution in [3.63, 3.8) is 0 Å². The minimum atomic E-state index is 0.781. The molecule has 206 valence electrons. The summed E-state index contributed by atoms with van der Waals surface area (Å²) in [5.74, 6) is 0. The molecule has 0 bridgehead atoms. The molecule has 5 aromatic carbocycles. The van der Waals surface area contributed by atoms with Crippen molar-refractivity contribution in [1.82, 2.24) is 24.1 Å². The van der Waals surface area contributed by atoms with E-state index in [1.807, 2.05) is 24.4 Å². The second-order valence-electron chi connectivity index (χ2n) is 11.0. The van der Waals surface area contributed by atoms with Crippen LogP contribution in [0.2, 0.25) is 0 Å². The predicted octanol–water partition coefficient (Wildman–Crippen LogP) is 9.40. The zero-order chi connectivity index (χ0) is 29.0. The van der Waals surface area contributed by atoms with E-state index < -0.39 is 0 Å². The van der Waals surface area contributed by atoms with Gasteiger partial charge in [0, 0.05) is 23.0 Å². The van der Waals surface area contributed by atoms with Crippen molar-refractivity contribution in [1.29, 1.82) is 0 Å². The highest BCUT2D eigenvalue weighted by molar-refractivity contribution is 6.11. The molecular weight excluding hydrogens is 538 g/mol. The van der Waals surface area contributed by atoms with Gasteiger partial charge in [-0.3, -0.25) is 14.1 Å². The number of hydrogen-bond donors (Lipinski definition) is 0. The highest BCUT2D eigenvalue weighted by Crippen LogP contribution is 2.36. The van der Waals surface area contributed by atoms with Crippen LogP contribution in [0.4, 0.5) is 0 Å². The number of pyridine rings is 1. The second kappa shape index (κ2) is 9.75. The molecular formula is C39H25N5. The second-order valence-corrected chi connectivity index (χ2v) is 11.0. The molecule has 0 aliphatic rings. The number of aromatic nitrogens is 5. The highest BCUT2D eigenvalue weighted by atomic mass is 15.1. The number of para-hydroxylation sites is 1. The molecule has 0 aliphatic heterocycles. The fourth-order valence-electron chi connectivity index (χ4n) is 6.32. The molecule has 0 amide bonds. The lowest BCUT2D eigenvalue weighted by molar-refractivity contribution is 1.10. The van der Waals surface area contributed by atoms with E-state index in [1.54, 1.807) is 0 Å². The summed E-state index contributed by atoms with van der Waals surface area (Å²) in [7, 11) is 0. The van der Waals surface area contributed by atoms with Crippen LogP contribution in [0.5, 0.6) is 0 Å². The molecule has 0 saturated heterocycles. The van der Waals surface area contributed by atoms with Crippen molar-refractivity contribution < 1.29 is 0 Å². The lowest BCUT2D eigenvalue weighted by Gasteiger charge is -2.10. The number of hydrogen-bond acceptors (Lipinski definition) is 3. The van der Waals surface area contributed by atoms with E-state index in [9.17, 15) is 0 Å². The molecule has 0 atom stereocenters. The molecule has 4 aromatic heterocycles. The van der Waals surface area contributed by atoms with Crippen LogP contribution in [0, 0.1) is 0 Å². The molecule has 5 heteroatoms. The van der Waals surface area contributed by atoms with Crippen LogP contribution in [0.1, 0.15) is 0 Å². The van der Waals surface area contributed by atoms with Gasteiger partial charge in [0.15, 0.2) is 11.3 Å². The Kier molecular flexibility index (Phi) is 5.43. The topological polar surface area (TPSA) is 48.5 Å². The van der Waals surface area contributed by atoms with Crippen LogP contribution >= 0.6 is 0 Å². The SMILES string of the molecule is c1ccc(-c2ccc(-n3c4ccccc4c4nc5c6ncccc6n(-c6ccc(-c7ccccc7)cc6)c5nc43)cc2)cc1.